The molecular formula is C15H19NO3. The number of benzene rings is 1. The van der Waals surface area contributed by atoms with E-state index < -0.39 is 5.97 Å². The highest BCUT2D eigenvalue weighted by molar-refractivity contribution is 5.96. The van der Waals surface area contributed by atoms with Crippen LogP contribution in [0.4, 0.5) is 5.69 Å². The van der Waals surface area contributed by atoms with Gasteiger partial charge in [0.05, 0.1) is 0 Å². The molecule has 4 nitrogen and oxygen atoms in total. The molecule has 2 unspecified atom stereocenters. The van der Waals surface area contributed by atoms with Crippen LogP contribution < -0.4 is 4.90 Å². The Kier molecular flexibility index (Phi) is 4.20. The van der Waals surface area contributed by atoms with Crippen LogP contribution >= 0.6 is 0 Å². The van der Waals surface area contributed by atoms with E-state index in [-0.39, 0.29) is 18.2 Å². The molecule has 1 aromatic carbocycles. The van der Waals surface area contributed by atoms with Gasteiger partial charge in [-0.2, -0.15) is 0 Å². The van der Waals surface area contributed by atoms with Crippen molar-refractivity contribution in [1.29, 1.82) is 0 Å². The molecular weight excluding hydrogens is 242 g/mol. The minimum atomic E-state index is -0.819. The van der Waals surface area contributed by atoms with Gasteiger partial charge in [0.25, 0.3) is 0 Å². The summed E-state index contributed by atoms with van der Waals surface area (Å²) in [7, 11) is 0. The van der Waals surface area contributed by atoms with E-state index in [1.54, 1.807) is 4.90 Å². The Morgan fingerprint density at radius 1 is 1.32 bits per heavy atom. The Hall–Kier alpha value is -1.84. The van der Waals surface area contributed by atoms with Gasteiger partial charge in [0.15, 0.2) is 0 Å². The SMILES string of the molecule is CC1CC1C(=O)N(CCCC(=O)O)c1ccccc1. The number of hydrogen-bond donors (Lipinski definition) is 1. The monoisotopic (exact) mass is 261 g/mol. The molecule has 1 aromatic rings. The number of carbonyl (C=O) groups excluding carboxylic acids is 1. The van der Waals surface area contributed by atoms with Crippen LogP contribution in [-0.2, 0) is 9.59 Å². The van der Waals surface area contributed by atoms with E-state index in [0.717, 1.165) is 12.1 Å². The highest BCUT2D eigenvalue weighted by Crippen LogP contribution is 2.40. The van der Waals surface area contributed by atoms with Crippen LogP contribution in [0.25, 0.3) is 0 Å². The Balaban J connectivity index is 2.05. The van der Waals surface area contributed by atoms with Gasteiger partial charge >= 0.3 is 5.97 Å². The van der Waals surface area contributed by atoms with Gasteiger partial charge in [-0.15, -0.1) is 0 Å². The highest BCUT2D eigenvalue weighted by atomic mass is 16.4. The summed E-state index contributed by atoms with van der Waals surface area (Å²) in [5.74, 6) is -0.118. The maximum absolute atomic E-state index is 12.4. The summed E-state index contributed by atoms with van der Waals surface area (Å²) in [6.45, 7) is 2.54. The third-order valence-electron chi connectivity index (χ3n) is 3.53. The Morgan fingerprint density at radius 3 is 2.47 bits per heavy atom. The Morgan fingerprint density at radius 2 is 1.95 bits per heavy atom. The Labute approximate surface area is 113 Å². The van der Waals surface area contributed by atoms with Crippen LogP contribution in [0.5, 0.6) is 0 Å². The zero-order chi connectivity index (χ0) is 13.8. The molecule has 1 saturated carbocycles. The van der Waals surface area contributed by atoms with Crippen molar-refractivity contribution >= 4 is 17.6 Å². The van der Waals surface area contributed by atoms with E-state index in [2.05, 4.69) is 6.92 Å². The van der Waals surface area contributed by atoms with E-state index in [9.17, 15) is 9.59 Å². The van der Waals surface area contributed by atoms with Crippen molar-refractivity contribution in [3.8, 4) is 0 Å². The van der Waals surface area contributed by atoms with Crippen LogP contribution in [0, 0.1) is 11.8 Å². The molecule has 0 spiro atoms. The zero-order valence-electron chi connectivity index (χ0n) is 11.1. The molecule has 1 amide bonds. The fraction of sp³-hybridized carbons (Fsp3) is 0.467. The largest absolute Gasteiger partial charge is 0.481 e. The van der Waals surface area contributed by atoms with Crippen LogP contribution in [0.2, 0.25) is 0 Å². The van der Waals surface area contributed by atoms with E-state index in [0.29, 0.717) is 18.9 Å². The molecule has 1 aliphatic rings. The van der Waals surface area contributed by atoms with Crippen molar-refractivity contribution in [1.82, 2.24) is 0 Å². The molecule has 1 fully saturated rings. The predicted octanol–water partition coefficient (Wildman–Crippen LogP) is 2.54. The fourth-order valence-electron chi connectivity index (χ4n) is 2.23. The van der Waals surface area contributed by atoms with Gasteiger partial charge in [0.1, 0.15) is 0 Å². The van der Waals surface area contributed by atoms with Crippen molar-refractivity contribution in [2.24, 2.45) is 11.8 Å². The molecule has 0 aromatic heterocycles. The maximum atomic E-state index is 12.4. The lowest BCUT2D eigenvalue weighted by molar-refractivity contribution is -0.137. The summed E-state index contributed by atoms with van der Waals surface area (Å²) in [4.78, 5) is 24.7. The molecule has 0 radical (unpaired) electrons. The van der Waals surface area contributed by atoms with Crippen molar-refractivity contribution < 1.29 is 14.7 Å². The van der Waals surface area contributed by atoms with Gasteiger partial charge in [-0.3, -0.25) is 9.59 Å². The molecule has 0 saturated heterocycles. The number of nitrogens with zero attached hydrogens (tertiary/aromatic N) is 1. The molecule has 4 heteroatoms. The highest BCUT2D eigenvalue weighted by Gasteiger charge is 2.41. The van der Waals surface area contributed by atoms with E-state index in [1.807, 2.05) is 30.3 Å². The first kappa shape index (κ1) is 13.6. The first-order valence-electron chi connectivity index (χ1n) is 6.68. The topological polar surface area (TPSA) is 57.6 Å². The van der Waals surface area contributed by atoms with Gasteiger partial charge < -0.3 is 10.0 Å². The smallest absolute Gasteiger partial charge is 0.303 e. The van der Waals surface area contributed by atoms with E-state index in [4.69, 9.17) is 5.11 Å². The van der Waals surface area contributed by atoms with Crippen molar-refractivity contribution in [3.05, 3.63) is 30.3 Å². The third kappa shape index (κ3) is 3.56. The predicted molar refractivity (Wildman–Crippen MR) is 72.9 cm³/mol. The number of amides is 1. The minimum absolute atomic E-state index is 0.0941. The number of carboxylic acids is 1. The fourth-order valence-corrected chi connectivity index (χ4v) is 2.23. The molecule has 2 atom stereocenters. The van der Waals surface area contributed by atoms with Gasteiger partial charge in [0, 0.05) is 24.6 Å². The van der Waals surface area contributed by atoms with Crippen LogP contribution in [0.3, 0.4) is 0 Å². The number of hydrogen-bond acceptors (Lipinski definition) is 2. The Bertz CT molecular complexity index is 458. The number of anilines is 1. The standard InChI is InChI=1S/C15H19NO3/c1-11-10-13(11)15(19)16(9-5-8-14(17)18)12-6-3-2-4-7-12/h2-4,6-7,11,13H,5,8-10H2,1H3,(H,17,18). The van der Waals surface area contributed by atoms with E-state index in [1.165, 1.54) is 0 Å². The lowest BCUT2D eigenvalue weighted by Crippen LogP contribution is -2.33. The molecule has 0 heterocycles. The number of carboxylic acid groups (broad SMARTS) is 1. The van der Waals surface area contributed by atoms with Gasteiger partial charge in [-0.25, -0.2) is 0 Å². The van der Waals surface area contributed by atoms with Gasteiger partial charge in [-0.05, 0) is 30.9 Å². The lowest BCUT2D eigenvalue weighted by Gasteiger charge is -2.22. The summed E-state index contributed by atoms with van der Waals surface area (Å²) in [5.41, 5.74) is 0.858. The summed E-state index contributed by atoms with van der Waals surface area (Å²) in [5, 5.41) is 8.70. The number of carbonyl (C=O) groups is 2. The number of aliphatic carboxylic acids is 1. The average Bonchev–Trinajstić information content (AvgIpc) is 3.12. The zero-order valence-corrected chi connectivity index (χ0v) is 11.1. The van der Waals surface area contributed by atoms with Crippen molar-refractivity contribution in [2.45, 2.75) is 26.2 Å². The second-order valence-corrected chi connectivity index (χ2v) is 5.14. The summed E-state index contributed by atoms with van der Waals surface area (Å²) < 4.78 is 0. The van der Waals surface area contributed by atoms with Crippen LogP contribution in [-0.4, -0.2) is 23.5 Å². The summed E-state index contributed by atoms with van der Waals surface area (Å²) in [6, 6.07) is 9.48. The molecule has 1 N–H and O–H groups in total. The summed E-state index contributed by atoms with van der Waals surface area (Å²) in [6.07, 6.45) is 1.52. The van der Waals surface area contributed by atoms with Crippen LogP contribution in [0.15, 0.2) is 30.3 Å². The number of para-hydroxylation sites is 1. The lowest BCUT2D eigenvalue weighted by atomic mass is 10.2. The first-order valence-corrected chi connectivity index (χ1v) is 6.68. The quantitative estimate of drug-likeness (QED) is 0.856. The van der Waals surface area contributed by atoms with Crippen LogP contribution in [0.1, 0.15) is 26.2 Å². The van der Waals surface area contributed by atoms with Gasteiger partial charge in [-0.1, -0.05) is 25.1 Å². The second-order valence-electron chi connectivity index (χ2n) is 5.14. The average molecular weight is 261 g/mol. The maximum Gasteiger partial charge on any atom is 0.303 e. The van der Waals surface area contributed by atoms with Crippen molar-refractivity contribution in [2.75, 3.05) is 11.4 Å². The number of rotatable bonds is 6. The van der Waals surface area contributed by atoms with E-state index >= 15 is 0 Å². The minimum Gasteiger partial charge on any atom is -0.481 e. The molecule has 0 aliphatic heterocycles. The molecule has 2 rings (SSSR count). The first-order chi connectivity index (χ1) is 9.09. The molecule has 19 heavy (non-hydrogen) atoms. The molecule has 0 bridgehead atoms. The molecule has 1 aliphatic carbocycles. The second kappa shape index (κ2) is 5.87. The normalized spacial score (nSPS) is 20.9. The summed E-state index contributed by atoms with van der Waals surface area (Å²) >= 11 is 0. The molecule has 102 valence electrons. The van der Waals surface area contributed by atoms with Gasteiger partial charge in [0.2, 0.25) is 5.91 Å². The third-order valence-corrected chi connectivity index (χ3v) is 3.53. The van der Waals surface area contributed by atoms with Crippen molar-refractivity contribution in [3.63, 3.8) is 0 Å².